The van der Waals surface area contributed by atoms with E-state index >= 15 is 0 Å². The van der Waals surface area contributed by atoms with Crippen LogP contribution in [0.5, 0.6) is 0 Å². The van der Waals surface area contributed by atoms with E-state index in [9.17, 15) is 9.59 Å². The van der Waals surface area contributed by atoms with Gasteiger partial charge in [-0.05, 0) is 42.2 Å². The first-order chi connectivity index (χ1) is 13.1. The quantitative estimate of drug-likeness (QED) is 0.720. The van der Waals surface area contributed by atoms with Gasteiger partial charge in [0.05, 0.1) is 6.54 Å². The third kappa shape index (κ3) is 5.81. The van der Waals surface area contributed by atoms with Gasteiger partial charge in [0.1, 0.15) is 0 Å². The summed E-state index contributed by atoms with van der Waals surface area (Å²) in [5.74, 6) is -0.492. The van der Waals surface area contributed by atoms with Crippen LogP contribution in [0, 0.1) is 0 Å². The Morgan fingerprint density at radius 2 is 1.85 bits per heavy atom. The van der Waals surface area contributed by atoms with Gasteiger partial charge in [0.25, 0.3) is 5.91 Å². The Balaban J connectivity index is 1.31. The second-order valence-electron chi connectivity index (χ2n) is 6.69. The van der Waals surface area contributed by atoms with Crippen LogP contribution < -0.4 is 10.6 Å². The first-order valence-corrected chi connectivity index (χ1v) is 9.59. The molecule has 2 amide bonds. The predicted octanol–water partition coefficient (Wildman–Crippen LogP) is 2.63. The molecule has 27 heavy (non-hydrogen) atoms. The Bertz CT molecular complexity index is 810. The first kappa shape index (κ1) is 19.4. The molecule has 3 rings (SSSR count). The summed E-state index contributed by atoms with van der Waals surface area (Å²) >= 11 is 5.86. The molecule has 0 bridgehead atoms. The topological polar surface area (TPSA) is 61.4 Å². The Kier molecular flexibility index (Phi) is 6.85. The molecule has 2 aromatic carbocycles. The molecule has 1 aliphatic heterocycles. The molecule has 0 saturated carbocycles. The maximum atomic E-state index is 12.0. The highest BCUT2D eigenvalue weighted by molar-refractivity contribution is 6.30. The average molecular weight is 386 g/mol. The van der Waals surface area contributed by atoms with Gasteiger partial charge in [-0.25, -0.2) is 0 Å². The fourth-order valence-electron chi connectivity index (χ4n) is 3.23. The minimum Gasteiger partial charge on any atom is -0.355 e. The van der Waals surface area contributed by atoms with Crippen molar-refractivity contribution in [3.63, 3.8) is 0 Å². The third-order valence-electron chi connectivity index (χ3n) is 4.68. The molecular formula is C21H24ClN3O2. The predicted molar refractivity (Wildman–Crippen MR) is 107 cm³/mol. The minimum absolute atomic E-state index is 0.0392. The lowest BCUT2D eigenvalue weighted by molar-refractivity contribution is -0.120. The summed E-state index contributed by atoms with van der Waals surface area (Å²) in [6.07, 6.45) is 1.97. The van der Waals surface area contributed by atoms with Gasteiger partial charge >= 0.3 is 0 Å². The van der Waals surface area contributed by atoms with Crippen molar-refractivity contribution in [3.05, 3.63) is 70.2 Å². The van der Waals surface area contributed by atoms with Crippen LogP contribution in [0.15, 0.2) is 48.5 Å². The lowest BCUT2D eigenvalue weighted by Gasteiger charge is -2.28. The van der Waals surface area contributed by atoms with Crippen LogP contribution in [-0.4, -0.2) is 42.9 Å². The summed E-state index contributed by atoms with van der Waals surface area (Å²) < 4.78 is 0. The molecular weight excluding hydrogens is 362 g/mol. The van der Waals surface area contributed by atoms with Crippen LogP contribution in [0.3, 0.4) is 0 Å². The molecule has 0 unspecified atom stereocenters. The SMILES string of the molecule is O=C(CNC(=O)c1cccc(Cl)c1)NCCCN1CCc2ccccc2C1. The van der Waals surface area contributed by atoms with Crippen LogP contribution in [0.1, 0.15) is 27.9 Å². The van der Waals surface area contributed by atoms with Gasteiger partial charge < -0.3 is 10.6 Å². The van der Waals surface area contributed by atoms with E-state index in [2.05, 4.69) is 39.8 Å². The number of carbonyl (C=O) groups is 2. The molecule has 0 radical (unpaired) electrons. The number of benzene rings is 2. The van der Waals surface area contributed by atoms with Crippen LogP contribution >= 0.6 is 11.6 Å². The Morgan fingerprint density at radius 3 is 2.67 bits per heavy atom. The van der Waals surface area contributed by atoms with Crippen molar-refractivity contribution >= 4 is 23.4 Å². The zero-order chi connectivity index (χ0) is 19.1. The fraction of sp³-hybridized carbons (Fsp3) is 0.333. The van der Waals surface area contributed by atoms with E-state index in [1.54, 1.807) is 24.3 Å². The summed E-state index contributed by atoms with van der Waals surface area (Å²) in [5.41, 5.74) is 3.29. The van der Waals surface area contributed by atoms with Gasteiger partial charge in [-0.3, -0.25) is 14.5 Å². The monoisotopic (exact) mass is 385 g/mol. The highest BCUT2D eigenvalue weighted by Gasteiger charge is 2.15. The van der Waals surface area contributed by atoms with Crippen LogP contribution in [0.25, 0.3) is 0 Å². The van der Waals surface area contributed by atoms with Crippen molar-refractivity contribution in [2.24, 2.45) is 0 Å². The number of hydrogen-bond acceptors (Lipinski definition) is 3. The molecule has 0 spiro atoms. The zero-order valence-corrected chi connectivity index (χ0v) is 16.0. The number of carbonyl (C=O) groups excluding carboxylic acids is 2. The Hall–Kier alpha value is -2.37. The molecule has 2 N–H and O–H groups in total. The average Bonchev–Trinajstić information content (AvgIpc) is 2.69. The molecule has 1 aliphatic rings. The summed E-state index contributed by atoms with van der Waals surface area (Å²) in [7, 11) is 0. The van der Waals surface area contributed by atoms with Gasteiger partial charge in [0.2, 0.25) is 5.91 Å². The molecule has 1 heterocycles. The van der Waals surface area contributed by atoms with Gasteiger partial charge in [-0.1, -0.05) is 41.9 Å². The van der Waals surface area contributed by atoms with Gasteiger partial charge in [0, 0.05) is 36.8 Å². The summed E-state index contributed by atoms with van der Waals surface area (Å²) in [6.45, 7) is 3.54. The number of halogens is 1. The van der Waals surface area contributed by atoms with Crippen molar-refractivity contribution in [1.29, 1.82) is 0 Å². The van der Waals surface area contributed by atoms with Gasteiger partial charge in [-0.2, -0.15) is 0 Å². The van der Waals surface area contributed by atoms with E-state index in [0.29, 0.717) is 17.1 Å². The van der Waals surface area contributed by atoms with E-state index in [1.807, 2.05) is 0 Å². The maximum absolute atomic E-state index is 12.0. The van der Waals surface area contributed by atoms with Crippen LogP contribution in [0.4, 0.5) is 0 Å². The number of rotatable bonds is 7. The van der Waals surface area contributed by atoms with E-state index in [1.165, 1.54) is 11.1 Å². The molecule has 0 aliphatic carbocycles. The molecule has 0 saturated heterocycles. The molecule has 6 heteroatoms. The minimum atomic E-state index is -0.306. The lowest BCUT2D eigenvalue weighted by atomic mass is 10.00. The summed E-state index contributed by atoms with van der Waals surface area (Å²) in [4.78, 5) is 26.3. The second kappa shape index (κ2) is 9.53. The smallest absolute Gasteiger partial charge is 0.251 e. The van der Waals surface area contributed by atoms with Crippen LogP contribution in [0.2, 0.25) is 5.02 Å². The second-order valence-corrected chi connectivity index (χ2v) is 7.13. The highest BCUT2D eigenvalue weighted by atomic mass is 35.5. The standard InChI is InChI=1S/C21H24ClN3O2/c22-19-8-3-7-17(13-19)21(27)24-14-20(26)23-10-4-11-25-12-9-16-5-1-2-6-18(16)15-25/h1-3,5-8,13H,4,9-12,14-15H2,(H,23,26)(H,24,27). The summed E-state index contributed by atoms with van der Waals surface area (Å²) in [5, 5.41) is 5.95. The van der Waals surface area contributed by atoms with Gasteiger partial charge in [0.15, 0.2) is 0 Å². The number of hydrogen-bond donors (Lipinski definition) is 2. The van der Waals surface area contributed by atoms with Gasteiger partial charge in [-0.15, -0.1) is 0 Å². The Morgan fingerprint density at radius 1 is 1.04 bits per heavy atom. The van der Waals surface area contributed by atoms with E-state index < -0.39 is 0 Å². The van der Waals surface area contributed by atoms with Crippen molar-refractivity contribution in [2.75, 3.05) is 26.2 Å². The fourth-order valence-corrected chi connectivity index (χ4v) is 3.42. The molecule has 0 atom stereocenters. The molecule has 0 aromatic heterocycles. The third-order valence-corrected chi connectivity index (χ3v) is 4.91. The number of amides is 2. The van der Waals surface area contributed by atoms with E-state index in [0.717, 1.165) is 32.5 Å². The Labute approximate surface area is 164 Å². The maximum Gasteiger partial charge on any atom is 0.251 e. The molecule has 0 fully saturated rings. The lowest BCUT2D eigenvalue weighted by Crippen LogP contribution is -2.38. The van der Waals surface area contributed by atoms with Crippen molar-refractivity contribution in [1.82, 2.24) is 15.5 Å². The van der Waals surface area contributed by atoms with Crippen molar-refractivity contribution in [2.45, 2.75) is 19.4 Å². The summed E-state index contributed by atoms with van der Waals surface area (Å²) in [6, 6.07) is 15.2. The zero-order valence-electron chi connectivity index (χ0n) is 15.2. The number of fused-ring (bicyclic) bond motifs is 1. The molecule has 2 aromatic rings. The number of nitrogens with zero attached hydrogens (tertiary/aromatic N) is 1. The normalized spacial score (nSPS) is 13.7. The largest absolute Gasteiger partial charge is 0.355 e. The molecule has 142 valence electrons. The van der Waals surface area contributed by atoms with Crippen LogP contribution in [-0.2, 0) is 17.8 Å². The molecule has 5 nitrogen and oxygen atoms in total. The van der Waals surface area contributed by atoms with E-state index in [4.69, 9.17) is 11.6 Å². The highest BCUT2D eigenvalue weighted by Crippen LogP contribution is 2.18. The van der Waals surface area contributed by atoms with E-state index in [-0.39, 0.29) is 18.4 Å². The van der Waals surface area contributed by atoms with Crippen molar-refractivity contribution < 1.29 is 9.59 Å². The van der Waals surface area contributed by atoms with Crippen molar-refractivity contribution in [3.8, 4) is 0 Å². The first-order valence-electron chi connectivity index (χ1n) is 9.21. The number of nitrogens with one attached hydrogen (secondary N) is 2.